The van der Waals surface area contributed by atoms with Gasteiger partial charge in [0.1, 0.15) is 0 Å². The first-order valence-corrected chi connectivity index (χ1v) is 4.84. The second kappa shape index (κ2) is 4.61. The Labute approximate surface area is 92.9 Å². The first-order valence-electron chi connectivity index (χ1n) is 4.84. The van der Waals surface area contributed by atoms with E-state index in [1.54, 1.807) is 6.20 Å². The third kappa shape index (κ3) is 2.28. The molecule has 0 N–H and O–H groups in total. The van der Waals surface area contributed by atoms with E-state index in [-0.39, 0.29) is 12.4 Å². The molecule has 0 aliphatic rings. The zero-order valence-corrected chi connectivity index (χ0v) is 8.84. The molecule has 1 aromatic carbocycles. The largest absolute Gasteiger partial charge is 0.469 e. The lowest BCUT2D eigenvalue weighted by Crippen LogP contribution is -2.04. The first kappa shape index (κ1) is 10.4. The fourth-order valence-corrected chi connectivity index (χ4v) is 1.43. The topological polar surface area (TPSA) is 52.3 Å². The number of benzene rings is 1. The Morgan fingerprint density at radius 2 is 2.38 bits per heavy atom. The number of hydrogen-bond donors (Lipinski definition) is 0. The minimum absolute atomic E-state index is 0.255. The van der Waals surface area contributed by atoms with Gasteiger partial charge in [-0.15, -0.1) is 0 Å². The van der Waals surface area contributed by atoms with Crippen LogP contribution in [0.3, 0.4) is 0 Å². The van der Waals surface area contributed by atoms with Crippen molar-refractivity contribution in [2.45, 2.75) is 6.42 Å². The highest BCUT2D eigenvalue weighted by Crippen LogP contribution is 2.19. The summed E-state index contributed by atoms with van der Waals surface area (Å²) in [6.45, 7) is 0. The van der Waals surface area contributed by atoms with Crippen LogP contribution in [0, 0.1) is 0 Å². The summed E-state index contributed by atoms with van der Waals surface area (Å²) < 4.78 is 9.79. The fourth-order valence-electron chi connectivity index (χ4n) is 1.43. The monoisotopic (exact) mass is 217 g/mol. The van der Waals surface area contributed by atoms with Gasteiger partial charge < -0.3 is 9.15 Å². The van der Waals surface area contributed by atoms with Crippen LogP contribution in [0.1, 0.15) is 5.56 Å². The van der Waals surface area contributed by atoms with Gasteiger partial charge in [0.2, 0.25) is 0 Å². The maximum Gasteiger partial charge on any atom is 0.309 e. The van der Waals surface area contributed by atoms with Gasteiger partial charge in [-0.3, -0.25) is 4.79 Å². The standard InChI is InChI=1S/C12H11NO3/c1-15-12(14)6-9-3-2-4-10(5-9)11-7-13-8-16-11/h2-5,7-8H,6H2,1H3. The van der Waals surface area contributed by atoms with Crippen LogP contribution in [-0.2, 0) is 16.0 Å². The summed E-state index contributed by atoms with van der Waals surface area (Å²) in [6, 6.07) is 7.53. The molecule has 0 radical (unpaired) electrons. The number of carbonyl (C=O) groups is 1. The quantitative estimate of drug-likeness (QED) is 0.738. The lowest BCUT2D eigenvalue weighted by molar-refractivity contribution is -0.139. The molecule has 1 heterocycles. The molecule has 4 nitrogen and oxygen atoms in total. The summed E-state index contributed by atoms with van der Waals surface area (Å²) in [7, 11) is 1.38. The average Bonchev–Trinajstić information content (AvgIpc) is 2.83. The number of ether oxygens (including phenoxy) is 1. The number of nitrogens with zero attached hydrogens (tertiary/aromatic N) is 1. The van der Waals surface area contributed by atoms with Gasteiger partial charge in [-0.1, -0.05) is 18.2 Å². The molecule has 0 spiro atoms. The average molecular weight is 217 g/mol. The number of rotatable bonds is 3. The highest BCUT2D eigenvalue weighted by Gasteiger charge is 2.06. The van der Waals surface area contributed by atoms with E-state index in [1.807, 2.05) is 24.3 Å². The molecule has 0 saturated carbocycles. The third-order valence-corrected chi connectivity index (χ3v) is 2.22. The minimum Gasteiger partial charge on any atom is -0.469 e. The highest BCUT2D eigenvalue weighted by molar-refractivity contribution is 5.73. The first-order chi connectivity index (χ1) is 7.79. The second-order valence-corrected chi connectivity index (χ2v) is 3.32. The molecule has 0 atom stereocenters. The maximum absolute atomic E-state index is 11.1. The van der Waals surface area contributed by atoms with Crippen LogP contribution in [0.2, 0.25) is 0 Å². The lowest BCUT2D eigenvalue weighted by atomic mass is 10.1. The van der Waals surface area contributed by atoms with Gasteiger partial charge in [0, 0.05) is 5.56 Å². The summed E-state index contributed by atoms with van der Waals surface area (Å²) in [5, 5.41) is 0. The van der Waals surface area contributed by atoms with Crippen LogP contribution >= 0.6 is 0 Å². The minimum atomic E-state index is -0.255. The smallest absolute Gasteiger partial charge is 0.309 e. The number of esters is 1. The van der Waals surface area contributed by atoms with Crippen LogP contribution in [-0.4, -0.2) is 18.1 Å². The van der Waals surface area contributed by atoms with Crippen LogP contribution in [0.4, 0.5) is 0 Å². The van der Waals surface area contributed by atoms with E-state index in [2.05, 4.69) is 9.72 Å². The van der Waals surface area contributed by atoms with Crippen molar-refractivity contribution in [2.24, 2.45) is 0 Å². The normalized spacial score (nSPS) is 10.1. The van der Waals surface area contributed by atoms with Gasteiger partial charge in [-0.05, 0) is 11.6 Å². The molecule has 2 rings (SSSR count). The summed E-state index contributed by atoms with van der Waals surface area (Å²) in [5.74, 6) is 0.432. The molecule has 0 saturated heterocycles. The number of hydrogen-bond acceptors (Lipinski definition) is 4. The van der Waals surface area contributed by atoms with E-state index >= 15 is 0 Å². The molecule has 0 aliphatic carbocycles. The summed E-state index contributed by atoms with van der Waals surface area (Å²) in [6.07, 6.45) is 3.28. The van der Waals surface area contributed by atoms with Gasteiger partial charge in [-0.25, -0.2) is 4.98 Å². The van der Waals surface area contributed by atoms with Gasteiger partial charge in [0.05, 0.1) is 19.7 Å². The molecule has 4 heteroatoms. The number of methoxy groups -OCH3 is 1. The Kier molecular flexibility index (Phi) is 3.00. The molecule has 0 bridgehead atoms. The molecule has 0 amide bonds. The summed E-state index contributed by atoms with van der Waals surface area (Å²) in [4.78, 5) is 15.0. The van der Waals surface area contributed by atoms with Gasteiger partial charge >= 0.3 is 5.97 Å². The highest BCUT2D eigenvalue weighted by atomic mass is 16.5. The Hall–Kier alpha value is -2.10. The van der Waals surface area contributed by atoms with Crippen LogP contribution in [0.15, 0.2) is 41.3 Å². The van der Waals surface area contributed by atoms with E-state index in [4.69, 9.17) is 4.42 Å². The van der Waals surface area contributed by atoms with Gasteiger partial charge in [-0.2, -0.15) is 0 Å². The summed E-state index contributed by atoms with van der Waals surface area (Å²) in [5.41, 5.74) is 1.79. The van der Waals surface area contributed by atoms with Crippen molar-refractivity contribution >= 4 is 5.97 Å². The third-order valence-electron chi connectivity index (χ3n) is 2.22. The molecule has 0 aliphatic heterocycles. The van der Waals surface area contributed by atoms with E-state index < -0.39 is 0 Å². The van der Waals surface area contributed by atoms with E-state index in [9.17, 15) is 4.79 Å². The van der Waals surface area contributed by atoms with Crippen molar-refractivity contribution in [2.75, 3.05) is 7.11 Å². The predicted octanol–water partition coefficient (Wildman–Crippen LogP) is 2.06. The van der Waals surface area contributed by atoms with Crippen molar-refractivity contribution in [1.29, 1.82) is 0 Å². The van der Waals surface area contributed by atoms with Crippen molar-refractivity contribution in [3.05, 3.63) is 42.4 Å². The van der Waals surface area contributed by atoms with E-state index in [0.29, 0.717) is 5.76 Å². The second-order valence-electron chi connectivity index (χ2n) is 3.32. The maximum atomic E-state index is 11.1. The molecular formula is C12H11NO3. The van der Waals surface area contributed by atoms with Crippen molar-refractivity contribution < 1.29 is 13.9 Å². The molecule has 16 heavy (non-hydrogen) atoms. The van der Waals surface area contributed by atoms with Gasteiger partial charge in [0.25, 0.3) is 0 Å². The zero-order valence-electron chi connectivity index (χ0n) is 8.84. The molecule has 0 unspecified atom stereocenters. The number of oxazole rings is 1. The molecule has 82 valence electrons. The van der Waals surface area contributed by atoms with E-state index in [0.717, 1.165) is 11.1 Å². The Bertz CT molecular complexity index is 477. The fraction of sp³-hybridized carbons (Fsp3) is 0.167. The Morgan fingerprint density at radius 1 is 1.50 bits per heavy atom. The Balaban J connectivity index is 2.23. The molecule has 1 aromatic heterocycles. The van der Waals surface area contributed by atoms with Gasteiger partial charge in [0.15, 0.2) is 12.2 Å². The zero-order chi connectivity index (χ0) is 11.4. The van der Waals surface area contributed by atoms with Crippen LogP contribution in [0.25, 0.3) is 11.3 Å². The molecule has 0 fully saturated rings. The SMILES string of the molecule is COC(=O)Cc1cccc(-c2cnco2)c1. The Morgan fingerprint density at radius 3 is 3.06 bits per heavy atom. The summed E-state index contributed by atoms with van der Waals surface area (Å²) >= 11 is 0. The lowest BCUT2D eigenvalue weighted by Gasteiger charge is -2.01. The molecular weight excluding hydrogens is 206 g/mol. The number of carbonyl (C=O) groups excluding carboxylic acids is 1. The van der Waals surface area contributed by atoms with E-state index in [1.165, 1.54) is 13.5 Å². The van der Waals surface area contributed by atoms with Crippen molar-refractivity contribution in [3.8, 4) is 11.3 Å². The van der Waals surface area contributed by atoms with Crippen molar-refractivity contribution in [3.63, 3.8) is 0 Å². The number of aromatic nitrogens is 1. The van der Waals surface area contributed by atoms with Crippen LogP contribution < -0.4 is 0 Å². The molecule has 2 aromatic rings. The van der Waals surface area contributed by atoms with Crippen molar-refractivity contribution in [1.82, 2.24) is 4.98 Å². The predicted molar refractivity (Wildman–Crippen MR) is 57.7 cm³/mol. The van der Waals surface area contributed by atoms with Crippen LogP contribution in [0.5, 0.6) is 0 Å².